The first-order chi connectivity index (χ1) is 7.22. The molecule has 2 N–H and O–H groups in total. The SMILES string of the molecule is Cc1nc(C(C)CN)nc2c1CCCC2. The Balaban J connectivity index is 2.40. The number of aryl methyl sites for hydroxylation is 2. The van der Waals surface area contributed by atoms with E-state index in [-0.39, 0.29) is 5.92 Å². The Labute approximate surface area is 91.1 Å². The van der Waals surface area contributed by atoms with Gasteiger partial charge < -0.3 is 5.73 Å². The molecule has 1 aromatic rings. The second-order valence-electron chi connectivity index (χ2n) is 4.44. The summed E-state index contributed by atoms with van der Waals surface area (Å²) in [5.74, 6) is 1.20. The molecule has 2 rings (SSSR count). The van der Waals surface area contributed by atoms with Gasteiger partial charge in [-0.25, -0.2) is 9.97 Å². The molecule has 1 heterocycles. The predicted molar refractivity (Wildman–Crippen MR) is 60.9 cm³/mol. The van der Waals surface area contributed by atoms with Gasteiger partial charge in [-0.15, -0.1) is 0 Å². The molecule has 3 nitrogen and oxygen atoms in total. The Bertz CT molecular complexity index is 360. The Morgan fingerprint density at radius 1 is 1.27 bits per heavy atom. The van der Waals surface area contributed by atoms with Crippen LogP contribution in [0.4, 0.5) is 0 Å². The molecule has 1 aliphatic carbocycles. The number of rotatable bonds is 2. The lowest BCUT2D eigenvalue weighted by molar-refractivity contribution is 0.627. The van der Waals surface area contributed by atoms with Crippen molar-refractivity contribution in [2.75, 3.05) is 6.54 Å². The number of nitrogens with zero attached hydrogens (tertiary/aromatic N) is 2. The summed E-state index contributed by atoms with van der Waals surface area (Å²) in [6.45, 7) is 4.81. The van der Waals surface area contributed by atoms with Crippen LogP contribution in [0.5, 0.6) is 0 Å². The quantitative estimate of drug-likeness (QED) is 0.800. The van der Waals surface area contributed by atoms with Gasteiger partial charge in [0.15, 0.2) is 0 Å². The van der Waals surface area contributed by atoms with E-state index >= 15 is 0 Å². The molecule has 0 amide bonds. The third-order valence-electron chi connectivity index (χ3n) is 3.20. The molecule has 0 saturated carbocycles. The summed E-state index contributed by atoms with van der Waals surface area (Å²) < 4.78 is 0. The molecule has 1 unspecified atom stereocenters. The van der Waals surface area contributed by atoms with Crippen LogP contribution in [0.25, 0.3) is 0 Å². The van der Waals surface area contributed by atoms with E-state index in [1.807, 2.05) is 0 Å². The topological polar surface area (TPSA) is 51.8 Å². The van der Waals surface area contributed by atoms with E-state index < -0.39 is 0 Å². The summed E-state index contributed by atoms with van der Waals surface area (Å²) in [6.07, 6.45) is 4.81. The number of fused-ring (bicyclic) bond motifs is 1. The average Bonchev–Trinajstić information content (AvgIpc) is 2.28. The number of nitrogens with two attached hydrogens (primary N) is 1. The minimum atomic E-state index is 0.274. The van der Waals surface area contributed by atoms with E-state index in [2.05, 4.69) is 23.8 Å². The number of hydrogen-bond acceptors (Lipinski definition) is 3. The zero-order valence-corrected chi connectivity index (χ0v) is 9.58. The zero-order valence-electron chi connectivity index (χ0n) is 9.58. The first-order valence-electron chi connectivity index (χ1n) is 5.78. The van der Waals surface area contributed by atoms with Crippen LogP contribution in [0.1, 0.15) is 48.5 Å². The monoisotopic (exact) mass is 205 g/mol. The number of aromatic nitrogens is 2. The second kappa shape index (κ2) is 4.27. The van der Waals surface area contributed by atoms with Crippen molar-refractivity contribution in [3.63, 3.8) is 0 Å². The van der Waals surface area contributed by atoms with Gasteiger partial charge in [0, 0.05) is 23.9 Å². The Morgan fingerprint density at radius 3 is 2.73 bits per heavy atom. The molecule has 0 radical (unpaired) electrons. The molecule has 0 spiro atoms. The summed E-state index contributed by atoms with van der Waals surface area (Å²) in [5.41, 5.74) is 9.46. The van der Waals surface area contributed by atoms with Crippen molar-refractivity contribution in [2.24, 2.45) is 5.73 Å². The van der Waals surface area contributed by atoms with Crippen molar-refractivity contribution in [1.29, 1.82) is 0 Å². The molecule has 1 aromatic heterocycles. The fourth-order valence-corrected chi connectivity index (χ4v) is 2.13. The molecule has 0 aliphatic heterocycles. The molecule has 0 bridgehead atoms. The van der Waals surface area contributed by atoms with Crippen LogP contribution < -0.4 is 5.73 Å². The van der Waals surface area contributed by atoms with Gasteiger partial charge in [0.2, 0.25) is 0 Å². The molecule has 0 aromatic carbocycles. The van der Waals surface area contributed by atoms with Crippen LogP contribution in [-0.2, 0) is 12.8 Å². The van der Waals surface area contributed by atoms with E-state index in [1.165, 1.54) is 24.1 Å². The third kappa shape index (κ3) is 2.02. The third-order valence-corrected chi connectivity index (χ3v) is 3.20. The van der Waals surface area contributed by atoms with E-state index in [4.69, 9.17) is 5.73 Å². The van der Waals surface area contributed by atoms with E-state index in [0.29, 0.717) is 6.54 Å². The van der Waals surface area contributed by atoms with Gasteiger partial charge in [0.1, 0.15) is 5.82 Å². The first-order valence-corrected chi connectivity index (χ1v) is 5.78. The van der Waals surface area contributed by atoms with Gasteiger partial charge in [-0.05, 0) is 38.2 Å². The molecule has 3 heteroatoms. The van der Waals surface area contributed by atoms with Crippen molar-refractivity contribution in [1.82, 2.24) is 9.97 Å². The highest BCUT2D eigenvalue weighted by atomic mass is 14.9. The molecule has 15 heavy (non-hydrogen) atoms. The minimum Gasteiger partial charge on any atom is -0.330 e. The summed E-state index contributed by atoms with van der Waals surface area (Å²) in [5, 5.41) is 0. The Hall–Kier alpha value is -0.960. The smallest absolute Gasteiger partial charge is 0.132 e. The summed E-state index contributed by atoms with van der Waals surface area (Å²) in [7, 11) is 0. The molecule has 1 aliphatic rings. The maximum atomic E-state index is 5.65. The van der Waals surface area contributed by atoms with E-state index in [1.54, 1.807) is 0 Å². The molecule has 0 saturated heterocycles. The van der Waals surface area contributed by atoms with Crippen molar-refractivity contribution < 1.29 is 0 Å². The van der Waals surface area contributed by atoms with Gasteiger partial charge in [0.25, 0.3) is 0 Å². The predicted octanol–water partition coefficient (Wildman–Crippen LogP) is 1.73. The van der Waals surface area contributed by atoms with Gasteiger partial charge in [-0.3, -0.25) is 0 Å². The highest BCUT2D eigenvalue weighted by molar-refractivity contribution is 5.28. The van der Waals surface area contributed by atoms with Gasteiger partial charge in [0.05, 0.1) is 0 Å². The summed E-state index contributed by atoms with van der Waals surface area (Å²) in [6, 6.07) is 0. The zero-order chi connectivity index (χ0) is 10.8. The van der Waals surface area contributed by atoms with Crippen LogP contribution in [0, 0.1) is 6.92 Å². The summed E-state index contributed by atoms with van der Waals surface area (Å²) in [4.78, 5) is 9.22. The van der Waals surface area contributed by atoms with E-state index in [0.717, 1.165) is 24.4 Å². The van der Waals surface area contributed by atoms with Crippen molar-refractivity contribution in [3.05, 3.63) is 22.8 Å². The first kappa shape index (κ1) is 10.6. The lowest BCUT2D eigenvalue weighted by Gasteiger charge is -2.19. The molecule has 0 fully saturated rings. The summed E-state index contributed by atoms with van der Waals surface area (Å²) >= 11 is 0. The van der Waals surface area contributed by atoms with Gasteiger partial charge in [-0.1, -0.05) is 6.92 Å². The molecule has 1 atom stereocenters. The highest BCUT2D eigenvalue weighted by Gasteiger charge is 2.17. The van der Waals surface area contributed by atoms with Crippen LogP contribution in [0.2, 0.25) is 0 Å². The van der Waals surface area contributed by atoms with Crippen LogP contribution in [0.15, 0.2) is 0 Å². The minimum absolute atomic E-state index is 0.274. The highest BCUT2D eigenvalue weighted by Crippen LogP contribution is 2.23. The standard InChI is InChI=1S/C12H19N3/c1-8(7-13)12-14-9(2)10-5-3-4-6-11(10)15-12/h8H,3-7,13H2,1-2H3. The Morgan fingerprint density at radius 2 is 2.00 bits per heavy atom. The van der Waals surface area contributed by atoms with Crippen molar-refractivity contribution >= 4 is 0 Å². The maximum Gasteiger partial charge on any atom is 0.132 e. The van der Waals surface area contributed by atoms with Crippen LogP contribution in [0.3, 0.4) is 0 Å². The normalized spacial score (nSPS) is 17.3. The largest absolute Gasteiger partial charge is 0.330 e. The van der Waals surface area contributed by atoms with Crippen molar-refractivity contribution in [3.8, 4) is 0 Å². The van der Waals surface area contributed by atoms with E-state index in [9.17, 15) is 0 Å². The van der Waals surface area contributed by atoms with Crippen LogP contribution in [-0.4, -0.2) is 16.5 Å². The lowest BCUT2D eigenvalue weighted by atomic mass is 9.94. The van der Waals surface area contributed by atoms with Crippen molar-refractivity contribution in [2.45, 2.75) is 45.4 Å². The number of hydrogen-bond donors (Lipinski definition) is 1. The molecular formula is C12H19N3. The fourth-order valence-electron chi connectivity index (χ4n) is 2.13. The second-order valence-corrected chi connectivity index (χ2v) is 4.44. The average molecular weight is 205 g/mol. The van der Waals surface area contributed by atoms with Gasteiger partial charge >= 0.3 is 0 Å². The molecular weight excluding hydrogens is 186 g/mol. The fraction of sp³-hybridized carbons (Fsp3) is 0.667. The van der Waals surface area contributed by atoms with Gasteiger partial charge in [-0.2, -0.15) is 0 Å². The van der Waals surface area contributed by atoms with Crippen LogP contribution >= 0.6 is 0 Å². The lowest BCUT2D eigenvalue weighted by Crippen LogP contribution is -2.17. The maximum absolute atomic E-state index is 5.65. The Kier molecular flexibility index (Phi) is 3.00. The molecule has 82 valence electrons.